The Morgan fingerprint density at radius 2 is 1.96 bits per heavy atom. The number of aromatic amines is 1. The molecule has 0 aliphatic carbocycles. The van der Waals surface area contributed by atoms with Crippen molar-refractivity contribution in [1.82, 2.24) is 15.0 Å². The zero-order valence-electron chi connectivity index (χ0n) is 13.5. The van der Waals surface area contributed by atoms with Crippen LogP contribution in [0, 0.1) is 5.82 Å². The van der Waals surface area contributed by atoms with E-state index in [1.807, 2.05) is 30.6 Å². The lowest BCUT2D eigenvalue weighted by atomic mass is 10.1. The van der Waals surface area contributed by atoms with E-state index in [1.54, 1.807) is 12.3 Å². The number of benzene rings is 1. The lowest BCUT2D eigenvalue weighted by Crippen LogP contribution is -2.02. The Hall–Kier alpha value is -3.21. The second-order valence-corrected chi connectivity index (χ2v) is 5.93. The van der Waals surface area contributed by atoms with Crippen molar-refractivity contribution >= 4 is 16.9 Å². The first-order valence-corrected chi connectivity index (χ1v) is 8.12. The van der Waals surface area contributed by atoms with Gasteiger partial charge in [0.1, 0.15) is 17.3 Å². The van der Waals surface area contributed by atoms with E-state index in [4.69, 9.17) is 0 Å². The highest BCUT2D eigenvalue weighted by Gasteiger charge is 2.05. The first-order valence-electron chi connectivity index (χ1n) is 8.12. The largest absolute Gasteiger partial charge is 0.366 e. The monoisotopic (exact) mass is 332 g/mol. The molecule has 2 N–H and O–H groups in total. The smallest absolute Gasteiger partial charge is 0.137 e. The number of halogens is 1. The van der Waals surface area contributed by atoms with Crippen LogP contribution in [0.1, 0.15) is 16.7 Å². The molecule has 1 aromatic carbocycles. The lowest BCUT2D eigenvalue weighted by Gasteiger charge is -2.07. The molecule has 4 rings (SSSR count). The van der Waals surface area contributed by atoms with Gasteiger partial charge >= 0.3 is 0 Å². The van der Waals surface area contributed by atoms with Gasteiger partial charge in [0.05, 0.1) is 0 Å². The predicted molar refractivity (Wildman–Crippen MR) is 96.9 cm³/mol. The minimum atomic E-state index is -0.226. The summed E-state index contributed by atoms with van der Waals surface area (Å²) >= 11 is 0. The van der Waals surface area contributed by atoms with Gasteiger partial charge in [-0.1, -0.05) is 18.2 Å². The van der Waals surface area contributed by atoms with Crippen molar-refractivity contribution in [2.75, 3.05) is 5.32 Å². The molecule has 3 aromatic heterocycles. The molecule has 124 valence electrons. The summed E-state index contributed by atoms with van der Waals surface area (Å²) in [5.41, 5.74) is 4.11. The second-order valence-electron chi connectivity index (χ2n) is 5.93. The molecule has 0 spiro atoms. The molecule has 0 aliphatic rings. The fourth-order valence-corrected chi connectivity index (χ4v) is 2.85. The Balaban J connectivity index is 1.43. The van der Waals surface area contributed by atoms with Gasteiger partial charge in [0.2, 0.25) is 0 Å². The maximum Gasteiger partial charge on any atom is 0.137 e. The predicted octanol–water partition coefficient (Wildman–Crippen LogP) is 4.30. The summed E-state index contributed by atoms with van der Waals surface area (Å²) in [6.45, 7) is 0.540. The van der Waals surface area contributed by atoms with E-state index < -0.39 is 0 Å². The summed E-state index contributed by atoms with van der Waals surface area (Å²) in [5, 5.41) is 4.34. The number of fused-ring (bicyclic) bond motifs is 1. The van der Waals surface area contributed by atoms with Gasteiger partial charge in [0.15, 0.2) is 0 Å². The number of aromatic nitrogens is 3. The molecule has 3 heterocycles. The van der Waals surface area contributed by atoms with E-state index in [0.717, 1.165) is 34.4 Å². The molecule has 0 aliphatic heterocycles. The molecule has 0 saturated carbocycles. The summed E-state index contributed by atoms with van der Waals surface area (Å²) < 4.78 is 13.2. The molecule has 4 nitrogen and oxygen atoms in total. The first-order chi connectivity index (χ1) is 12.3. The van der Waals surface area contributed by atoms with Crippen molar-refractivity contribution < 1.29 is 4.39 Å². The summed E-state index contributed by atoms with van der Waals surface area (Å²) in [5.74, 6) is 0.546. The highest BCUT2D eigenvalue weighted by Crippen LogP contribution is 2.19. The number of nitrogens with one attached hydrogen (secondary N) is 2. The average molecular weight is 332 g/mol. The zero-order valence-corrected chi connectivity index (χ0v) is 13.5. The molecular weight excluding hydrogens is 315 g/mol. The van der Waals surface area contributed by atoms with Crippen LogP contribution in [-0.2, 0) is 13.0 Å². The van der Waals surface area contributed by atoms with Crippen LogP contribution in [0.25, 0.3) is 11.0 Å². The van der Waals surface area contributed by atoms with Crippen LogP contribution >= 0.6 is 0 Å². The Morgan fingerprint density at radius 1 is 1.00 bits per heavy atom. The van der Waals surface area contributed by atoms with Crippen molar-refractivity contribution in [2.45, 2.75) is 13.0 Å². The Morgan fingerprint density at radius 3 is 2.80 bits per heavy atom. The van der Waals surface area contributed by atoms with Crippen molar-refractivity contribution in [3.05, 3.63) is 89.6 Å². The number of rotatable bonds is 5. The summed E-state index contributed by atoms with van der Waals surface area (Å²) in [6, 6.07) is 14.6. The van der Waals surface area contributed by atoms with Crippen LogP contribution in [0.15, 0.2) is 67.1 Å². The number of pyridine rings is 2. The fraction of sp³-hybridized carbons (Fsp3) is 0.100. The van der Waals surface area contributed by atoms with Gasteiger partial charge in [-0.15, -0.1) is 0 Å². The molecule has 0 saturated heterocycles. The van der Waals surface area contributed by atoms with Crippen LogP contribution in [0.2, 0.25) is 0 Å². The number of hydrogen-bond donors (Lipinski definition) is 2. The molecule has 0 atom stereocenters. The zero-order chi connectivity index (χ0) is 17.1. The van der Waals surface area contributed by atoms with Gasteiger partial charge in [-0.25, -0.2) is 14.4 Å². The Kier molecular flexibility index (Phi) is 4.12. The number of anilines is 1. The second kappa shape index (κ2) is 6.73. The highest BCUT2D eigenvalue weighted by molar-refractivity contribution is 5.79. The van der Waals surface area contributed by atoms with Crippen molar-refractivity contribution in [3.8, 4) is 0 Å². The van der Waals surface area contributed by atoms with Gasteiger partial charge in [-0.2, -0.15) is 0 Å². The van der Waals surface area contributed by atoms with E-state index in [1.165, 1.54) is 17.7 Å². The third-order valence-electron chi connectivity index (χ3n) is 4.12. The maximum atomic E-state index is 13.2. The third-order valence-corrected chi connectivity index (χ3v) is 4.12. The van der Waals surface area contributed by atoms with Crippen LogP contribution in [0.3, 0.4) is 0 Å². The minimum absolute atomic E-state index is 0.226. The van der Waals surface area contributed by atoms with Crippen LogP contribution in [-0.4, -0.2) is 15.0 Å². The quantitative estimate of drug-likeness (QED) is 0.573. The molecule has 0 unspecified atom stereocenters. The van der Waals surface area contributed by atoms with E-state index in [9.17, 15) is 4.39 Å². The summed E-state index contributed by atoms with van der Waals surface area (Å²) in [7, 11) is 0. The highest BCUT2D eigenvalue weighted by atomic mass is 19.1. The van der Waals surface area contributed by atoms with Gasteiger partial charge in [-0.05, 0) is 47.0 Å². The van der Waals surface area contributed by atoms with Crippen molar-refractivity contribution in [3.63, 3.8) is 0 Å². The number of hydrogen-bond acceptors (Lipinski definition) is 3. The van der Waals surface area contributed by atoms with Crippen molar-refractivity contribution in [1.29, 1.82) is 0 Å². The number of nitrogens with zero attached hydrogens (tertiary/aromatic N) is 2. The van der Waals surface area contributed by atoms with E-state index in [-0.39, 0.29) is 5.82 Å². The maximum absolute atomic E-state index is 13.2. The average Bonchev–Trinajstić information content (AvgIpc) is 3.04. The molecule has 25 heavy (non-hydrogen) atoms. The Labute approximate surface area is 144 Å². The van der Waals surface area contributed by atoms with E-state index in [2.05, 4.69) is 32.4 Å². The molecule has 0 bridgehead atoms. The standard InChI is InChI=1S/C20H17FN4/c21-17-4-1-3-14(10-17)11-23-19-7-6-15(12-24-19)9-16-13-25-20-18(16)5-2-8-22-20/h1-8,10,12-13H,9,11H2,(H,22,25)(H,23,24). The van der Waals surface area contributed by atoms with E-state index >= 15 is 0 Å². The normalized spacial score (nSPS) is 10.9. The minimum Gasteiger partial charge on any atom is -0.366 e. The molecule has 5 heteroatoms. The molecule has 4 aromatic rings. The molecule has 0 amide bonds. The van der Waals surface area contributed by atoms with Gasteiger partial charge in [-0.3, -0.25) is 0 Å². The first kappa shape index (κ1) is 15.3. The van der Waals surface area contributed by atoms with Crippen LogP contribution < -0.4 is 5.32 Å². The molecule has 0 fully saturated rings. The van der Waals surface area contributed by atoms with Crippen LogP contribution in [0.5, 0.6) is 0 Å². The van der Waals surface area contributed by atoms with Gasteiger partial charge < -0.3 is 10.3 Å². The van der Waals surface area contributed by atoms with Gasteiger partial charge in [0, 0.05) is 36.9 Å². The molecule has 0 radical (unpaired) electrons. The number of H-pyrrole nitrogens is 1. The van der Waals surface area contributed by atoms with Crippen molar-refractivity contribution in [2.24, 2.45) is 0 Å². The third kappa shape index (κ3) is 3.50. The Bertz CT molecular complexity index is 992. The summed E-state index contributed by atoms with van der Waals surface area (Å²) in [4.78, 5) is 11.9. The van der Waals surface area contributed by atoms with Gasteiger partial charge in [0.25, 0.3) is 0 Å². The van der Waals surface area contributed by atoms with Crippen LogP contribution in [0.4, 0.5) is 10.2 Å². The SMILES string of the molecule is Fc1cccc(CNc2ccc(Cc3c[nH]c4ncccc34)cn2)c1. The lowest BCUT2D eigenvalue weighted by molar-refractivity contribution is 0.626. The van der Waals surface area contributed by atoms with E-state index in [0.29, 0.717) is 6.54 Å². The topological polar surface area (TPSA) is 53.6 Å². The summed E-state index contributed by atoms with van der Waals surface area (Å²) in [6.07, 6.45) is 6.43. The molecular formula is C20H17FN4. The fourth-order valence-electron chi connectivity index (χ4n) is 2.85.